The predicted octanol–water partition coefficient (Wildman–Crippen LogP) is 3.95. The van der Waals surface area contributed by atoms with Gasteiger partial charge in [-0.2, -0.15) is 0 Å². The van der Waals surface area contributed by atoms with Crippen molar-refractivity contribution in [1.29, 1.82) is 0 Å². The van der Waals surface area contributed by atoms with Gasteiger partial charge in [0.1, 0.15) is 0 Å². The fourth-order valence-electron chi connectivity index (χ4n) is 4.00. The first-order valence-electron chi connectivity index (χ1n) is 8.79. The number of nitrogens with one attached hydrogen (secondary N) is 1. The molecule has 2 rings (SSSR count). The van der Waals surface area contributed by atoms with Crippen LogP contribution in [0.5, 0.6) is 0 Å². The van der Waals surface area contributed by atoms with Crippen LogP contribution in [0.3, 0.4) is 0 Å². The minimum absolute atomic E-state index is 0.538. The third-order valence-electron chi connectivity index (χ3n) is 5.39. The summed E-state index contributed by atoms with van der Waals surface area (Å²) in [4.78, 5) is 2.87. The molecular formula is C17H34N2. The van der Waals surface area contributed by atoms with Crippen LogP contribution in [-0.4, -0.2) is 36.1 Å². The topological polar surface area (TPSA) is 15.3 Å². The summed E-state index contributed by atoms with van der Waals surface area (Å²) in [5.74, 6) is 0. The minimum Gasteiger partial charge on any atom is -0.311 e. The summed E-state index contributed by atoms with van der Waals surface area (Å²) < 4.78 is 0. The second kappa shape index (κ2) is 7.64. The lowest BCUT2D eigenvalue weighted by atomic mass is 9.90. The van der Waals surface area contributed by atoms with Crippen molar-refractivity contribution in [3.63, 3.8) is 0 Å². The normalized spacial score (nSPS) is 27.2. The zero-order chi connectivity index (χ0) is 13.6. The predicted molar refractivity (Wildman–Crippen MR) is 83.6 cm³/mol. The van der Waals surface area contributed by atoms with Gasteiger partial charge < -0.3 is 5.32 Å². The Hall–Kier alpha value is -0.0800. The van der Waals surface area contributed by atoms with Gasteiger partial charge in [-0.15, -0.1) is 0 Å². The van der Waals surface area contributed by atoms with Crippen LogP contribution in [-0.2, 0) is 0 Å². The van der Waals surface area contributed by atoms with E-state index in [1.54, 1.807) is 0 Å². The van der Waals surface area contributed by atoms with Crippen LogP contribution in [0.25, 0.3) is 0 Å². The SMILES string of the molecule is CCCCCCCN1CC(CC)NCC12CCCC2. The Morgan fingerprint density at radius 1 is 1.05 bits per heavy atom. The zero-order valence-electron chi connectivity index (χ0n) is 13.2. The molecule has 0 radical (unpaired) electrons. The first kappa shape index (κ1) is 15.3. The maximum absolute atomic E-state index is 3.80. The molecule has 19 heavy (non-hydrogen) atoms. The Bertz CT molecular complexity index is 246. The standard InChI is InChI=1S/C17H34N2/c1-3-5-6-7-10-13-19-14-16(4-2)18-15-17(19)11-8-9-12-17/h16,18H,3-15H2,1-2H3. The van der Waals surface area contributed by atoms with Crippen molar-refractivity contribution in [3.8, 4) is 0 Å². The molecule has 2 aliphatic rings. The third-order valence-corrected chi connectivity index (χ3v) is 5.39. The van der Waals surface area contributed by atoms with Crippen LogP contribution in [0.4, 0.5) is 0 Å². The Labute approximate surface area is 120 Å². The number of rotatable bonds is 7. The van der Waals surface area contributed by atoms with Crippen molar-refractivity contribution in [1.82, 2.24) is 10.2 Å². The van der Waals surface area contributed by atoms with Crippen molar-refractivity contribution in [2.24, 2.45) is 0 Å². The number of hydrogen-bond donors (Lipinski definition) is 1. The summed E-state index contributed by atoms with van der Waals surface area (Å²) in [7, 11) is 0. The van der Waals surface area contributed by atoms with Crippen molar-refractivity contribution in [3.05, 3.63) is 0 Å². The Balaban J connectivity index is 1.81. The highest BCUT2D eigenvalue weighted by atomic mass is 15.3. The van der Waals surface area contributed by atoms with Crippen LogP contribution in [0.1, 0.15) is 78.1 Å². The molecule has 1 saturated heterocycles. The van der Waals surface area contributed by atoms with E-state index in [0.29, 0.717) is 5.54 Å². The highest BCUT2D eigenvalue weighted by molar-refractivity contribution is 5.01. The summed E-state index contributed by atoms with van der Waals surface area (Å²) in [5.41, 5.74) is 0.538. The van der Waals surface area contributed by atoms with Crippen LogP contribution in [0.2, 0.25) is 0 Å². The van der Waals surface area contributed by atoms with Crippen molar-refractivity contribution in [2.75, 3.05) is 19.6 Å². The van der Waals surface area contributed by atoms with Crippen molar-refractivity contribution in [2.45, 2.75) is 89.6 Å². The molecule has 0 aromatic heterocycles. The largest absolute Gasteiger partial charge is 0.311 e. The van der Waals surface area contributed by atoms with Gasteiger partial charge >= 0.3 is 0 Å². The number of nitrogens with zero attached hydrogens (tertiary/aromatic N) is 1. The van der Waals surface area contributed by atoms with Crippen molar-refractivity contribution < 1.29 is 0 Å². The average molecular weight is 266 g/mol. The lowest BCUT2D eigenvalue weighted by Crippen LogP contribution is -2.63. The van der Waals surface area contributed by atoms with Gasteiger partial charge in [0.25, 0.3) is 0 Å². The second-order valence-electron chi connectivity index (χ2n) is 6.78. The fourth-order valence-corrected chi connectivity index (χ4v) is 4.00. The lowest BCUT2D eigenvalue weighted by molar-refractivity contribution is 0.0406. The Morgan fingerprint density at radius 3 is 2.47 bits per heavy atom. The van der Waals surface area contributed by atoms with Gasteiger partial charge in [-0.25, -0.2) is 0 Å². The molecule has 1 atom stereocenters. The fraction of sp³-hybridized carbons (Fsp3) is 1.00. The van der Waals surface area contributed by atoms with Gasteiger partial charge in [-0.3, -0.25) is 4.90 Å². The molecule has 1 unspecified atom stereocenters. The molecule has 0 aromatic carbocycles. The molecule has 0 bridgehead atoms. The summed E-state index contributed by atoms with van der Waals surface area (Å²) in [6.07, 6.45) is 14.1. The molecule has 1 aliphatic carbocycles. The molecule has 1 heterocycles. The van der Waals surface area contributed by atoms with Crippen molar-refractivity contribution >= 4 is 0 Å². The first-order valence-corrected chi connectivity index (χ1v) is 8.79. The van der Waals surface area contributed by atoms with Gasteiger partial charge in [0, 0.05) is 24.7 Å². The highest BCUT2D eigenvalue weighted by Crippen LogP contribution is 2.37. The highest BCUT2D eigenvalue weighted by Gasteiger charge is 2.42. The smallest absolute Gasteiger partial charge is 0.0334 e. The summed E-state index contributed by atoms with van der Waals surface area (Å²) in [6, 6.07) is 0.738. The van der Waals surface area contributed by atoms with E-state index in [1.807, 2.05) is 0 Å². The summed E-state index contributed by atoms with van der Waals surface area (Å²) in [5, 5.41) is 3.80. The molecule has 2 heteroatoms. The van der Waals surface area contributed by atoms with E-state index >= 15 is 0 Å². The van der Waals surface area contributed by atoms with Gasteiger partial charge in [0.15, 0.2) is 0 Å². The average Bonchev–Trinajstić information content (AvgIpc) is 2.90. The van der Waals surface area contributed by atoms with E-state index in [0.717, 1.165) is 6.04 Å². The second-order valence-corrected chi connectivity index (χ2v) is 6.78. The number of unbranched alkanes of at least 4 members (excludes halogenated alkanes) is 4. The van der Waals surface area contributed by atoms with E-state index in [-0.39, 0.29) is 0 Å². The number of piperazine rings is 1. The minimum atomic E-state index is 0.538. The molecule has 2 nitrogen and oxygen atoms in total. The molecule has 2 fully saturated rings. The molecule has 0 aromatic rings. The molecule has 1 spiro atoms. The molecule has 1 aliphatic heterocycles. The third kappa shape index (κ3) is 3.95. The molecular weight excluding hydrogens is 232 g/mol. The maximum Gasteiger partial charge on any atom is 0.0334 e. The molecule has 1 N–H and O–H groups in total. The lowest BCUT2D eigenvalue weighted by Gasteiger charge is -2.48. The van der Waals surface area contributed by atoms with Crippen LogP contribution in [0, 0.1) is 0 Å². The summed E-state index contributed by atoms with van der Waals surface area (Å²) in [6.45, 7) is 8.52. The van der Waals surface area contributed by atoms with Gasteiger partial charge in [-0.05, 0) is 32.2 Å². The Morgan fingerprint density at radius 2 is 1.79 bits per heavy atom. The molecule has 112 valence electrons. The van der Waals surface area contributed by atoms with Gasteiger partial charge in [-0.1, -0.05) is 52.4 Å². The van der Waals surface area contributed by atoms with E-state index in [4.69, 9.17) is 0 Å². The van der Waals surface area contributed by atoms with E-state index in [9.17, 15) is 0 Å². The molecule has 0 amide bonds. The number of hydrogen-bond acceptors (Lipinski definition) is 2. The zero-order valence-corrected chi connectivity index (χ0v) is 13.2. The van der Waals surface area contributed by atoms with E-state index < -0.39 is 0 Å². The maximum atomic E-state index is 3.80. The van der Waals surface area contributed by atoms with E-state index in [1.165, 1.54) is 83.8 Å². The molecule has 1 saturated carbocycles. The first-order chi connectivity index (χ1) is 9.30. The van der Waals surface area contributed by atoms with E-state index in [2.05, 4.69) is 24.1 Å². The monoisotopic (exact) mass is 266 g/mol. The van der Waals surface area contributed by atoms with Crippen LogP contribution >= 0.6 is 0 Å². The quantitative estimate of drug-likeness (QED) is 0.702. The van der Waals surface area contributed by atoms with Gasteiger partial charge in [0.2, 0.25) is 0 Å². The van der Waals surface area contributed by atoms with Gasteiger partial charge in [0.05, 0.1) is 0 Å². The Kier molecular flexibility index (Phi) is 6.15. The van der Waals surface area contributed by atoms with Crippen LogP contribution < -0.4 is 5.32 Å². The van der Waals surface area contributed by atoms with Crippen LogP contribution in [0.15, 0.2) is 0 Å². The summed E-state index contributed by atoms with van der Waals surface area (Å²) >= 11 is 0.